The van der Waals surface area contributed by atoms with Crippen LogP contribution in [0.15, 0.2) is 18.2 Å². The number of carbonyl (C=O) groups excluding carboxylic acids is 2. The lowest BCUT2D eigenvalue weighted by atomic mass is 10.1. The number of hydrogen-bond donors (Lipinski definition) is 2. The molecule has 3 heterocycles. The Morgan fingerprint density at radius 1 is 1.31 bits per heavy atom. The monoisotopic (exact) mass is 353 g/mol. The molecule has 26 heavy (non-hydrogen) atoms. The largest absolute Gasteiger partial charge is 0.356 e. The molecule has 2 saturated heterocycles. The Morgan fingerprint density at radius 2 is 2.12 bits per heavy atom. The molecule has 0 unspecified atom stereocenters. The van der Waals surface area contributed by atoms with Gasteiger partial charge in [0, 0.05) is 24.9 Å². The Hall–Kier alpha value is -2.70. The molecule has 7 heteroatoms. The quantitative estimate of drug-likeness (QED) is 0.868. The van der Waals surface area contributed by atoms with E-state index in [4.69, 9.17) is 4.98 Å². The molecule has 1 atom stereocenters. The van der Waals surface area contributed by atoms with Gasteiger partial charge in [0.15, 0.2) is 5.82 Å². The summed E-state index contributed by atoms with van der Waals surface area (Å²) < 4.78 is 0. The van der Waals surface area contributed by atoms with Gasteiger partial charge in [-0.05, 0) is 37.8 Å². The van der Waals surface area contributed by atoms with Gasteiger partial charge in [-0.25, -0.2) is 9.97 Å². The third-order valence-electron chi connectivity index (χ3n) is 5.09. The number of hydrogen-bond acceptors (Lipinski definition) is 5. The van der Waals surface area contributed by atoms with Gasteiger partial charge in [-0.3, -0.25) is 9.59 Å². The van der Waals surface area contributed by atoms with Crippen LogP contribution in [0.25, 0.3) is 10.9 Å². The first-order valence-electron chi connectivity index (χ1n) is 9.20. The van der Waals surface area contributed by atoms with Crippen LogP contribution in [0.4, 0.5) is 5.82 Å². The highest BCUT2D eigenvalue weighted by atomic mass is 16.2. The molecular weight excluding hydrogens is 330 g/mol. The zero-order valence-corrected chi connectivity index (χ0v) is 14.9. The summed E-state index contributed by atoms with van der Waals surface area (Å²) >= 11 is 0. The van der Waals surface area contributed by atoms with E-state index in [2.05, 4.69) is 26.6 Å². The Kier molecular flexibility index (Phi) is 4.44. The summed E-state index contributed by atoms with van der Waals surface area (Å²) in [7, 11) is 0. The van der Waals surface area contributed by atoms with Crippen LogP contribution in [0.5, 0.6) is 0 Å². The molecule has 0 saturated carbocycles. The van der Waals surface area contributed by atoms with Crippen LogP contribution in [-0.4, -0.2) is 40.9 Å². The molecule has 2 N–H and O–H groups in total. The van der Waals surface area contributed by atoms with Crippen LogP contribution in [-0.2, 0) is 16.1 Å². The molecule has 1 aromatic heterocycles. The topological polar surface area (TPSA) is 87.2 Å². The van der Waals surface area contributed by atoms with Gasteiger partial charge in [-0.15, -0.1) is 0 Å². The zero-order chi connectivity index (χ0) is 18.1. The molecule has 1 aromatic carbocycles. The summed E-state index contributed by atoms with van der Waals surface area (Å²) in [5.41, 5.74) is 2.03. The van der Waals surface area contributed by atoms with Crippen LogP contribution in [0.1, 0.15) is 37.1 Å². The number of carbonyl (C=O) groups is 2. The number of nitrogens with zero attached hydrogens (tertiary/aromatic N) is 3. The van der Waals surface area contributed by atoms with Gasteiger partial charge in [0.05, 0.1) is 12.1 Å². The van der Waals surface area contributed by atoms with Gasteiger partial charge in [0.2, 0.25) is 11.8 Å². The van der Waals surface area contributed by atoms with Gasteiger partial charge in [0.25, 0.3) is 0 Å². The maximum absolute atomic E-state index is 12.2. The molecule has 2 aliphatic rings. The van der Waals surface area contributed by atoms with Crippen molar-refractivity contribution in [2.24, 2.45) is 0 Å². The van der Waals surface area contributed by atoms with Crippen LogP contribution >= 0.6 is 0 Å². The first-order valence-corrected chi connectivity index (χ1v) is 9.20. The average Bonchev–Trinajstić information content (AvgIpc) is 3.31. The SMILES string of the molecule is Cc1cccc2c(N3CCCC3)nc(CNC(=O)[C@@H]3CCC(=O)N3)nc12. The van der Waals surface area contributed by atoms with Crippen LogP contribution in [0.2, 0.25) is 0 Å². The number of aryl methyl sites for hydroxylation is 1. The second-order valence-electron chi connectivity index (χ2n) is 7.01. The Labute approximate surface area is 152 Å². The first-order chi connectivity index (χ1) is 12.6. The summed E-state index contributed by atoms with van der Waals surface area (Å²) in [5, 5.41) is 6.61. The summed E-state index contributed by atoms with van der Waals surface area (Å²) in [5.74, 6) is 1.31. The standard InChI is InChI=1S/C19H23N5O2/c1-12-5-4-6-13-17(12)22-15(23-18(13)24-9-2-3-10-24)11-20-19(26)14-7-8-16(25)21-14/h4-6,14H,2-3,7-11H2,1H3,(H,20,26)(H,21,25)/t14-/m0/s1. The van der Waals surface area contributed by atoms with Gasteiger partial charge < -0.3 is 15.5 Å². The normalized spacial score (nSPS) is 19.8. The molecule has 2 fully saturated rings. The van der Waals surface area contributed by atoms with Crippen LogP contribution < -0.4 is 15.5 Å². The molecule has 7 nitrogen and oxygen atoms in total. The van der Waals surface area contributed by atoms with E-state index in [0.29, 0.717) is 18.7 Å². The lowest BCUT2D eigenvalue weighted by molar-refractivity contribution is -0.125. The molecule has 4 rings (SSSR count). The molecule has 2 aliphatic heterocycles. The highest BCUT2D eigenvalue weighted by Crippen LogP contribution is 2.28. The Balaban J connectivity index is 1.59. The molecular formula is C19H23N5O2. The second-order valence-corrected chi connectivity index (χ2v) is 7.01. The second kappa shape index (κ2) is 6.90. The maximum Gasteiger partial charge on any atom is 0.242 e. The number of aromatic nitrogens is 2. The summed E-state index contributed by atoms with van der Waals surface area (Å²) in [4.78, 5) is 35.3. The number of amides is 2. The molecule has 2 aromatic rings. The van der Waals surface area contributed by atoms with E-state index in [1.165, 1.54) is 12.8 Å². The van der Waals surface area contributed by atoms with E-state index in [-0.39, 0.29) is 18.4 Å². The Morgan fingerprint density at radius 3 is 2.85 bits per heavy atom. The highest BCUT2D eigenvalue weighted by molar-refractivity contribution is 5.92. The van der Waals surface area contributed by atoms with Gasteiger partial charge in [-0.2, -0.15) is 0 Å². The predicted molar refractivity (Wildman–Crippen MR) is 98.7 cm³/mol. The van der Waals surface area contributed by atoms with E-state index >= 15 is 0 Å². The lowest BCUT2D eigenvalue weighted by Crippen LogP contribution is -2.41. The predicted octanol–water partition coefficient (Wildman–Crippen LogP) is 1.43. The average molecular weight is 353 g/mol. The van der Waals surface area contributed by atoms with E-state index < -0.39 is 6.04 Å². The van der Waals surface area contributed by atoms with Gasteiger partial charge in [-0.1, -0.05) is 12.1 Å². The van der Waals surface area contributed by atoms with Crippen molar-refractivity contribution >= 4 is 28.5 Å². The molecule has 0 spiro atoms. The summed E-state index contributed by atoms with van der Waals surface area (Å²) in [6.07, 6.45) is 3.29. The molecule has 0 aliphatic carbocycles. The van der Waals surface area contributed by atoms with Crippen LogP contribution in [0, 0.1) is 6.92 Å². The van der Waals surface area contributed by atoms with Crippen molar-refractivity contribution in [3.8, 4) is 0 Å². The number of rotatable bonds is 4. The fourth-order valence-electron chi connectivity index (χ4n) is 3.67. The summed E-state index contributed by atoms with van der Waals surface area (Å²) in [6, 6.07) is 5.69. The minimum Gasteiger partial charge on any atom is -0.356 e. The van der Waals surface area contributed by atoms with Gasteiger partial charge in [0.1, 0.15) is 11.9 Å². The van der Waals surface area contributed by atoms with E-state index in [1.54, 1.807) is 0 Å². The molecule has 0 bridgehead atoms. The third-order valence-corrected chi connectivity index (χ3v) is 5.09. The smallest absolute Gasteiger partial charge is 0.242 e. The first kappa shape index (κ1) is 16.8. The number of benzene rings is 1. The fraction of sp³-hybridized carbons (Fsp3) is 0.474. The van der Waals surface area contributed by atoms with Crippen molar-refractivity contribution < 1.29 is 9.59 Å². The Bertz CT molecular complexity index is 860. The van der Waals surface area contributed by atoms with Crippen molar-refractivity contribution in [1.82, 2.24) is 20.6 Å². The van der Waals surface area contributed by atoms with E-state index in [1.807, 2.05) is 19.1 Å². The molecule has 2 amide bonds. The van der Waals surface area contributed by atoms with Crippen molar-refractivity contribution in [3.05, 3.63) is 29.6 Å². The number of nitrogens with one attached hydrogen (secondary N) is 2. The third kappa shape index (κ3) is 3.21. The van der Waals surface area contributed by atoms with Crippen LogP contribution in [0.3, 0.4) is 0 Å². The fourth-order valence-corrected chi connectivity index (χ4v) is 3.67. The molecule has 0 radical (unpaired) electrons. The van der Waals surface area contributed by atoms with Crippen molar-refractivity contribution in [2.75, 3.05) is 18.0 Å². The van der Waals surface area contributed by atoms with Crippen molar-refractivity contribution in [1.29, 1.82) is 0 Å². The number of fused-ring (bicyclic) bond motifs is 1. The molecule has 136 valence electrons. The summed E-state index contributed by atoms with van der Waals surface area (Å²) in [6.45, 7) is 4.30. The number of anilines is 1. The lowest BCUT2D eigenvalue weighted by Gasteiger charge is -2.20. The zero-order valence-electron chi connectivity index (χ0n) is 14.9. The minimum atomic E-state index is -0.442. The van der Waals surface area contributed by atoms with Crippen molar-refractivity contribution in [3.63, 3.8) is 0 Å². The number of para-hydroxylation sites is 1. The van der Waals surface area contributed by atoms with E-state index in [0.717, 1.165) is 35.4 Å². The minimum absolute atomic E-state index is 0.0703. The van der Waals surface area contributed by atoms with E-state index in [9.17, 15) is 9.59 Å². The highest BCUT2D eigenvalue weighted by Gasteiger charge is 2.27. The van der Waals surface area contributed by atoms with Crippen molar-refractivity contribution in [2.45, 2.75) is 45.2 Å². The maximum atomic E-state index is 12.2. The van der Waals surface area contributed by atoms with Gasteiger partial charge >= 0.3 is 0 Å².